The van der Waals surface area contributed by atoms with Crippen LogP contribution in [0, 0.1) is 5.92 Å². The van der Waals surface area contributed by atoms with Gasteiger partial charge in [0.05, 0.1) is 6.61 Å². The first-order valence-corrected chi connectivity index (χ1v) is 13.3. The Morgan fingerprint density at radius 1 is 0.872 bits per heavy atom. The maximum Gasteiger partial charge on any atom is 1.00 e. The Labute approximate surface area is 320 Å². The molecular formula is C22H39Na4O12P. The molecule has 0 aliphatic carbocycles. The number of ether oxygens (including phenoxy) is 1. The Kier molecular flexibility index (Phi) is 45.8. The van der Waals surface area contributed by atoms with E-state index in [1.807, 2.05) is 0 Å². The topological polar surface area (TPSA) is 234 Å². The van der Waals surface area contributed by atoms with Crippen LogP contribution < -0.4 is 138 Å². The largest absolute Gasteiger partial charge is 1.00 e. The van der Waals surface area contributed by atoms with Crippen LogP contribution in [0.5, 0.6) is 0 Å². The van der Waals surface area contributed by atoms with Gasteiger partial charge in [0, 0.05) is 5.97 Å². The number of phosphoric acid groups is 1. The van der Waals surface area contributed by atoms with Crippen molar-refractivity contribution in [1.29, 1.82) is 0 Å². The fourth-order valence-electron chi connectivity index (χ4n) is 3.19. The number of carboxylic acids is 1. The standard InChI is InChI=1S/C16H32O2.C6H8O6.4Na.H3O4P/c1-3-5-7-9-10-12-14-15(16(17)18)13-11-8-6-4-2;7-1-2(8)5-3(9)4(10)6(11)12-5;;;;;1-5(2,3)4/h15H,3-14H2,1-2H3,(H,17,18);2,5,7-10H,1H2;;;;;(H3,1,2,3,4)/q;;4*+1;/p-4/t;2-,5+;;;;;/m.0...../s1. The fraction of sp³-hybridized carbons (Fsp3) is 0.818. The van der Waals surface area contributed by atoms with Crippen LogP contribution in [-0.4, -0.2) is 51.2 Å². The summed E-state index contributed by atoms with van der Waals surface area (Å²) in [5, 5.41) is 46.1. The molecular weight excluding hydrogens is 579 g/mol. The van der Waals surface area contributed by atoms with Gasteiger partial charge in [0.2, 0.25) is 5.76 Å². The zero-order valence-corrected chi connectivity index (χ0v) is 33.3. The summed E-state index contributed by atoms with van der Waals surface area (Å²) in [5.41, 5.74) is 0. The van der Waals surface area contributed by atoms with Gasteiger partial charge in [-0.3, -0.25) is 0 Å². The molecule has 4 N–H and O–H groups in total. The molecule has 1 rings (SSSR count). The van der Waals surface area contributed by atoms with Gasteiger partial charge < -0.3 is 54.3 Å². The summed E-state index contributed by atoms with van der Waals surface area (Å²) < 4.78 is 12.9. The smallest absolute Gasteiger partial charge is 0.822 e. The molecule has 1 heterocycles. The Balaban J connectivity index is -0.000000113. The molecule has 0 aromatic rings. The van der Waals surface area contributed by atoms with Crippen LogP contribution in [0.25, 0.3) is 0 Å². The van der Waals surface area contributed by atoms with E-state index < -0.39 is 50.1 Å². The first-order valence-electron chi connectivity index (χ1n) is 11.9. The van der Waals surface area contributed by atoms with Crippen molar-refractivity contribution < 1.29 is 177 Å². The van der Waals surface area contributed by atoms with Gasteiger partial charge >= 0.3 is 124 Å². The quantitative estimate of drug-likeness (QED) is 0.0580. The van der Waals surface area contributed by atoms with Crippen LogP contribution in [0.4, 0.5) is 0 Å². The van der Waals surface area contributed by atoms with Crippen LogP contribution >= 0.6 is 7.82 Å². The van der Waals surface area contributed by atoms with Crippen molar-refractivity contribution in [1.82, 2.24) is 0 Å². The summed E-state index contributed by atoms with van der Waals surface area (Å²) in [5.74, 6) is -3.81. The number of aliphatic hydroxyl groups is 4. The summed E-state index contributed by atoms with van der Waals surface area (Å²) in [6.45, 7) is 3.71. The van der Waals surface area contributed by atoms with E-state index in [9.17, 15) is 14.7 Å². The Morgan fingerprint density at radius 3 is 1.54 bits per heavy atom. The maximum atomic E-state index is 11.0. The zero-order valence-electron chi connectivity index (χ0n) is 24.4. The molecule has 39 heavy (non-hydrogen) atoms. The second-order valence-electron chi connectivity index (χ2n) is 8.18. The molecule has 12 nitrogen and oxygen atoms in total. The van der Waals surface area contributed by atoms with Gasteiger partial charge in [0.25, 0.3) is 0 Å². The van der Waals surface area contributed by atoms with Gasteiger partial charge in [-0.05, 0) is 18.8 Å². The van der Waals surface area contributed by atoms with Crippen molar-refractivity contribution >= 4 is 19.8 Å². The van der Waals surface area contributed by atoms with Gasteiger partial charge in [0.1, 0.15) is 6.10 Å². The van der Waals surface area contributed by atoms with Crippen molar-refractivity contribution in [2.75, 3.05) is 6.61 Å². The van der Waals surface area contributed by atoms with Gasteiger partial charge in [-0.15, -0.1) is 0 Å². The van der Waals surface area contributed by atoms with Crippen LogP contribution in [0.1, 0.15) is 90.9 Å². The van der Waals surface area contributed by atoms with Crippen LogP contribution in [0.2, 0.25) is 0 Å². The summed E-state index contributed by atoms with van der Waals surface area (Å²) in [4.78, 5) is 47.2. The van der Waals surface area contributed by atoms with Crippen molar-refractivity contribution in [3.63, 3.8) is 0 Å². The van der Waals surface area contributed by atoms with Crippen molar-refractivity contribution in [3.05, 3.63) is 11.5 Å². The summed E-state index contributed by atoms with van der Waals surface area (Å²) in [6.07, 6.45) is 10.8. The third-order valence-electron chi connectivity index (χ3n) is 5.12. The number of carbonyl (C=O) groups excluding carboxylic acids is 2. The fourth-order valence-corrected chi connectivity index (χ4v) is 3.19. The number of cyclic esters (lactones) is 1. The Hall–Kier alpha value is 2.31. The number of aliphatic carboxylic acids is 1. The number of hydrogen-bond acceptors (Lipinski definition) is 12. The Morgan fingerprint density at radius 2 is 1.23 bits per heavy atom. The van der Waals surface area contributed by atoms with Crippen molar-refractivity contribution in [2.24, 2.45) is 5.92 Å². The summed E-state index contributed by atoms with van der Waals surface area (Å²) >= 11 is 0. The van der Waals surface area contributed by atoms with E-state index in [1.165, 1.54) is 44.9 Å². The molecule has 0 amide bonds. The molecule has 3 atom stereocenters. The van der Waals surface area contributed by atoms with Gasteiger partial charge in [0.15, 0.2) is 11.9 Å². The predicted molar refractivity (Wildman–Crippen MR) is 118 cm³/mol. The molecule has 0 aromatic carbocycles. The van der Waals surface area contributed by atoms with E-state index in [0.717, 1.165) is 32.1 Å². The molecule has 0 bridgehead atoms. The van der Waals surface area contributed by atoms with Gasteiger partial charge in [-0.25, -0.2) is 4.79 Å². The van der Waals surface area contributed by atoms with E-state index in [4.69, 9.17) is 39.7 Å². The molecule has 208 valence electrons. The van der Waals surface area contributed by atoms with E-state index in [0.29, 0.717) is 0 Å². The molecule has 0 spiro atoms. The molecule has 0 radical (unpaired) electrons. The predicted octanol–water partition coefficient (Wildman–Crippen LogP) is -12.1. The average molecular weight is 618 g/mol. The van der Waals surface area contributed by atoms with E-state index in [2.05, 4.69) is 18.6 Å². The molecule has 1 unspecified atom stereocenters. The molecule has 0 aromatic heterocycles. The SMILES string of the molecule is CCCCCCCCC(CCCCCC)C(=O)[O-].O=C1O[C@H]([C@@H](O)CO)C(O)=C1O.O=P([O-])([O-])[O-].[Na+].[Na+].[Na+].[Na+]. The zero-order chi connectivity index (χ0) is 27.4. The number of unbranched alkanes of at least 4 members (excludes halogenated alkanes) is 8. The third kappa shape index (κ3) is 33.0. The minimum absolute atomic E-state index is 0. The minimum Gasteiger partial charge on any atom is -0.822 e. The molecule has 17 heteroatoms. The number of esters is 1. The maximum absolute atomic E-state index is 11.0. The van der Waals surface area contributed by atoms with Crippen LogP contribution in [-0.2, 0) is 18.9 Å². The number of aliphatic hydroxyl groups excluding tert-OH is 4. The number of hydrogen-bond donors (Lipinski definition) is 4. The van der Waals surface area contributed by atoms with Crippen LogP contribution in [0.15, 0.2) is 11.5 Å². The summed E-state index contributed by atoms with van der Waals surface area (Å²) in [6, 6.07) is 0. The van der Waals surface area contributed by atoms with Crippen LogP contribution in [0.3, 0.4) is 0 Å². The molecule has 0 fully saturated rings. The summed E-state index contributed by atoms with van der Waals surface area (Å²) in [7, 11) is -5.39. The minimum atomic E-state index is -5.39. The van der Waals surface area contributed by atoms with Gasteiger partial charge in [-0.2, -0.15) is 7.82 Å². The van der Waals surface area contributed by atoms with Gasteiger partial charge in [-0.1, -0.05) is 78.1 Å². The number of carboxylic acid groups (broad SMARTS) is 1. The van der Waals surface area contributed by atoms with E-state index >= 15 is 0 Å². The van der Waals surface area contributed by atoms with E-state index in [-0.39, 0.29) is 124 Å². The molecule has 0 saturated carbocycles. The monoisotopic (exact) mass is 618 g/mol. The number of rotatable bonds is 15. The van der Waals surface area contributed by atoms with E-state index in [1.54, 1.807) is 0 Å². The normalized spacial score (nSPS) is 15.3. The third-order valence-corrected chi connectivity index (χ3v) is 5.12. The van der Waals surface area contributed by atoms with Crippen molar-refractivity contribution in [2.45, 2.75) is 103 Å². The second kappa shape index (κ2) is 33.2. The molecule has 1 aliphatic rings. The average Bonchev–Trinajstić information content (AvgIpc) is 3.03. The molecule has 1 aliphatic heterocycles. The first-order chi connectivity index (χ1) is 16.3. The van der Waals surface area contributed by atoms with Crippen molar-refractivity contribution in [3.8, 4) is 0 Å². The molecule has 0 saturated heterocycles. The first kappa shape index (κ1) is 53.8. The second-order valence-corrected chi connectivity index (χ2v) is 9.07. The number of carbonyl (C=O) groups is 2. The Bertz CT molecular complexity index is 671.